The van der Waals surface area contributed by atoms with Crippen molar-refractivity contribution < 1.29 is 9.90 Å². The minimum atomic E-state index is -0.572. The Hall–Kier alpha value is -0.650. The highest BCUT2D eigenvalue weighted by molar-refractivity contribution is 9.10. The topological polar surface area (TPSA) is 62.2 Å². The van der Waals surface area contributed by atoms with E-state index in [1.54, 1.807) is 13.0 Å². The second-order valence-electron chi connectivity index (χ2n) is 3.06. The Labute approximate surface area is 101 Å². The first kappa shape index (κ1) is 12.4. The lowest BCUT2D eigenvalue weighted by molar-refractivity contribution is 0.0923. The molecular weight excluding hydrogens is 283 g/mol. The highest BCUT2D eigenvalue weighted by Crippen LogP contribution is 2.20. The molecule has 1 aromatic heterocycles. The van der Waals surface area contributed by atoms with Crippen LogP contribution in [-0.2, 0) is 0 Å². The molecule has 1 atom stereocenters. The summed E-state index contributed by atoms with van der Waals surface area (Å²) in [4.78, 5) is 15.3. The molecule has 0 unspecified atom stereocenters. The SMILES string of the molecule is C[C@@H](O)CNC(=O)c1cnc(Cl)c(Br)c1. The highest BCUT2D eigenvalue weighted by Gasteiger charge is 2.08. The second-order valence-corrected chi connectivity index (χ2v) is 4.27. The predicted octanol–water partition coefficient (Wildman–Crippen LogP) is 1.61. The Kier molecular flexibility index (Phi) is 4.50. The third-order valence-corrected chi connectivity index (χ3v) is 2.75. The monoisotopic (exact) mass is 292 g/mol. The molecule has 15 heavy (non-hydrogen) atoms. The Morgan fingerprint density at radius 3 is 3.00 bits per heavy atom. The van der Waals surface area contributed by atoms with Crippen LogP contribution < -0.4 is 5.32 Å². The zero-order valence-corrected chi connectivity index (χ0v) is 10.3. The van der Waals surface area contributed by atoms with Crippen LogP contribution in [0.3, 0.4) is 0 Å². The van der Waals surface area contributed by atoms with Crippen LogP contribution in [0.2, 0.25) is 5.15 Å². The number of halogens is 2. The number of nitrogens with zero attached hydrogens (tertiary/aromatic N) is 1. The summed E-state index contributed by atoms with van der Waals surface area (Å²) in [7, 11) is 0. The Morgan fingerprint density at radius 2 is 2.47 bits per heavy atom. The van der Waals surface area contributed by atoms with Gasteiger partial charge in [0.15, 0.2) is 0 Å². The van der Waals surface area contributed by atoms with Crippen LogP contribution in [0.15, 0.2) is 16.7 Å². The lowest BCUT2D eigenvalue weighted by Gasteiger charge is -2.07. The Morgan fingerprint density at radius 1 is 1.80 bits per heavy atom. The van der Waals surface area contributed by atoms with E-state index in [9.17, 15) is 4.79 Å². The molecule has 1 amide bonds. The molecule has 1 heterocycles. The maximum atomic E-state index is 11.5. The molecule has 0 bridgehead atoms. The van der Waals surface area contributed by atoms with Crippen molar-refractivity contribution in [2.75, 3.05) is 6.54 Å². The van der Waals surface area contributed by atoms with Crippen molar-refractivity contribution in [3.05, 3.63) is 27.5 Å². The van der Waals surface area contributed by atoms with Gasteiger partial charge < -0.3 is 10.4 Å². The third-order valence-electron chi connectivity index (χ3n) is 1.62. The van der Waals surface area contributed by atoms with E-state index in [2.05, 4.69) is 26.2 Å². The lowest BCUT2D eigenvalue weighted by atomic mass is 10.2. The molecule has 1 rings (SSSR count). The van der Waals surface area contributed by atoms with Crippen molar-refractivity contribution in [3.8, 4) is 0 Å². The Balaban J connectivity index is 2.70. The molecule has 4 nitrogen and oxygen atoms in total. The smallest absolute Gasteiger partial charge is 0.252 e. The van der Waals surface area contributed by atoms with Gasteiger partial charge in [0.25, 0.3) is 5.91 Å². The van der Waals surface area contributed by atoms with Crippen molar-refractivity contribution >= 4 is 33.4 Å². The number of amides is 1. The summed E-state index contributed by atoms with van der Waals surface area (Å²) in [6.45, 7) is 1.80. The molecule has 0 aliphatic carbocycles. The fraction of sp³-hybridized carbons (Fsp3) is 0.333. The van der Waals surface area contributed by atoms with Crippen LogP contribution in [0.4, 0.5) is 0 Å². The van der Waals surface area contributed by atoms with Crippen molar-refractivity contribution in [2.24, 2.45) is 0 Å². The normalized spacial score (nSPS) is 12.3. The lowest BCUT2D eigenvalue weighted by Crippen LogP contribution is -2.30. The van der Waals surface area contributed by atoms with Gasteiger partial charge in [-0.15, -0.1) is 0 Å². The number of carbonyl (C=O) groups is 1. The van der Waals surface area contributed by atoms with E-state index >= 15 is 0 Å². The molecule has 0 saturated heterocycles. The highest BCUT2D eigenvalue weighted by atomic mass is 79.9. The molecular formula is C9H10BrClN2O2. The number of aliphatic hydroxyl groups excluding tert-OH is 1. The number of aliphatic hydroxyl groups is 1. The summed E-state index contributed by atoms with van der Waals surface area (Å²) >= 11 is 8.85. The molecule has 82 valence electrons. The molecule has 0 aliphatic rings. The van der Waals surface area contributed by atoms with Gasteiger partial charge in [-0.25, -0.2) is 4.98 Å². The molecule has 0 aliphatic heterocycles. The van der Waals surface area contributed by atoms with Crippen LogP contribution in [0.1, 0.15) is 17.3 Å². The molecule has 1 aromatic rings. The summed E-state index contributed by atoms with van der Waals surface area (Å²) in [5.74, 6) is -0.291. The van der Waals surface area contributed by atoms with Gasteiger partial charge in [0.1, 0.15) is 5.15 Å². The van der Waals surface area contributed by atoms with E-state index < -0.39 is 6.10 Å². The summed E-state index contributed by atoms with van der Waals surface area (Å²) in [6.07, 6.45) is 0.808. The molecule has 2 N–H and O–H groups in total. The van der Waals surface area contributed by atoms with Crippen molar-refractivity contribution in [1.82, 2.24) is 10.3 Å². The average Bonchev–Trinajstić information content (AvgIpc) is 2.18. The first-order valence-corrected chi connectivity index (χ1v) is 5.45. The van der Waals surface area contributed by atoms with Crippen molar-refractivity contribution in [2.45, 2.75) is 13.0 Å². The summed E-state index contributed by atoms with van der Waals surface area (Å²) < 4.78 is 0.564. The third kappa shape index (κ3) is 3.77. The van der Waals surface area contributed by atoms with E-state index in [4.69, 9.17) is 16.7 Å². The molecule has 6 heteroatoms. The fourth-order valence-electron chi connectivity index (χ4n) is 0.888. The van der Waals surface area contributed by atoms with Gasteiger partial charge in [0.2, 0.25) is 0 Å². The van der Waals surface area contributed by atoms with Gasteiger partial charge in [0, 0.05) is 12.7 Å². The van der Waals surface area contributed by atoms with E-state index in [0.29, 0.717) is 15.2 Å². The largest absolute Gasteiger partial charge is 0.392 e. The van der Waals surface area contributed by atoms with Crippen LogP contribution in [0, 0.1) is 0 Å². The van der Waals surface area contributed by atoms with Gasteiger partial charge in [-0.2, -0.15) is 0 Å². The molecule has 0 saturated carbocycles. The van der Waals surface area contributed by atoms with E-state index in [0.717, 1.165) is 0 Å². The van der Waals surface area contributed by atoms with Gasteiger partial charge in [0.05, 0.1) is 16.1 Å². The van der Waals surface area contributed by atoms with Crippen LogP contribution in [-0.4, -0.2) is 28.6 Å². The van der Waals surface area contributed by atoms with E-state index in [-0.39, 0.29) is 12.5 Å². The molecule has 0 radical (unpaired) electrons. The molecule has 0 spiro atoms. The maximum Gasteiger partial charge on any atom is 0.252 e. The second kappa shape index (κ2) is 5.44. The average molecular weight is 294 g/mol. The number of rotatable bonds is 3. The minimum Gasteiger partial charge on any atom is -0.392 e. The first-order valence-electron chi connectivity index (χ1n) is 4.28. The number of hydrogen-bond donors (Lipinski definition) is 2. The van der Waals surface area contributed by atoms with Gasteiger partial charge in [-0.3, -0.25) is 4.79 Å². The quantitative estimate of drug-likeness (QED) is 0.832. The van der Waals surface area contributed by atoms with Crippen LogP contribution in [0.5, 0.6) is 0 Å². The van der Waals surface area contributed by atoms with Gasteiger partial charge in [-0.05, 0) is 28.9 Å². The van der Waals surface area contributed by atoms with Crippen LogP contribution in [0.25, 0.3) is 0 Å². The molecule has 0 fully saturated rings. The summed E-state index contributed by atoms with van der Waals surface area (Å²) in [5, 5.41) is 11.8. The minimum absolute atomic E-state index is 0.207. The Bertz CT molecular complexity index is 371. The summed E-state index contributed by atoms with van der Waals surface area (Å²) in [6, 6.07) is 1.58. The zero-order valence-electron chi connectivity index (χ0n) is 8.00. The van der Waals surface area contributed by atoms with Crippen LogP contribution >= 0.6 is 27.5 Å². The fourth-order valence-corrected chi connectivity index (χ4v) is 1.34. The van der Waals surface area contributed by atoms with Crippen molar-refractivity contribution in [3.63, 3.8) is 0 Å². The molecule has 0 aromatic carbocycles. The maximum absolute atomic E-state index is 11.5. The predicted molar refractivity (Wildman–Crippen MR) is 61.0 cm³/mol. The van der Waals surface area contributed by atoms with E-state index in [1.165, 1.54) is 6.20 Å². The van der Waals surface area contributed by atoms with Gasteiger partial charge >= 0.3 is 0 Å². The number of nitrogens with one attached hydrogen (secondary N) is 1. The first-order chi connectivity index (χ1) is 7.00. The number of carbonyl (C=O) groups excluding carboxylic acids is 1. The number of pyridine rings is 1. The van der Waals surface area contributed by atoms with Gasteiger partial charge in [-0.1, -0.05) is 11.6 Å². The summed E-state index contributed by atoms with van der Waals surface area (Å²) in [5.41, 5.74) is 0.395. The standard InChI is InChI=1S/C9H10BrClN2O2/c1-5(14)3-13-9(15)6-2-7(10)8(11)12-4-6/h2,4-5,14H,3H2,1H3,(H,13,15)/t5-/m1/s1. The zero-order chi connectivity index (χ0) is 11.4. The van der Waals surface area contributed by atoms with Crippen molar-refractivity contribution in [1.29, 1.82) is 0 Å². The number of hydrogen-bond acceptors (Lipinski definition) is 3. The van der Waals surface area contributed by atoms with E-state index in [1.807, 2.05) is 0 Å². The number of aromatic nitrogens is 1.